The molecule has 0 N–H and O–H groups in total. The maximum absolute atomic E-state index is 10.8. The first-order chi connectivity index (χ1) is 5.16. The Labute approximate surface area is 132 Å². The maximum Gasteiger partial charge on any atom is 0.0405 e. The van der Waals surface area contributed by atoms with Crippen molar-refractivity contribution in [3.63, 3.8) is 0 Å². The van der Waals surface area contributed by atoms with E-state index in [4.69, 9.17) is 6.58 Å². The van der Waals surface area contributed by atoms with Crippen molar-refractivity contribution >= 4 is 18.3 Å². The molecule has 0 aliphatic carbocycles. The van der Waals surface area contributed by atoms with Crippen LogP contribution >= 0.6 is 12.4 Å². The number of halogens is 2. The molecule has 81 valence electrons. The minimum atomic E-state index is -0.222. The molecule has 0 unspecified atom stereocenters. The van der Waals surface area contributed by atoms with E-state index in [2.05, 4.69) is 4.99 Å². The summed E-state index contributed by atoms with van der Waals surface area (Å²) in [4.78, 5) is 3.76. The smallest absolute Gasteiger partial charge is 0.0405 e. The third kappa shape index (κ3) is 18.6. The van der Waals surface area contributed by atoms with Crippen molar-refractivity contribution in [3.05, 3.63) is 24.8 Å². The average molecular weight is 363 g/mol. The van der Waals surface area contributed by atoms with Gasteiger partial charge in [-0.15, -0.1) is 12.4 Å². The van der Waals surface area contributed by atoms with E-state index < -0.39 is 0 Å². The first kappa shape index (κ1) is 24.2. The minimum Gasteiger partial charge on any atom is -1.00 e. The van der Waals surface area contributed by atoms with Crippen LogP contribution in [0.25, 0.3) is 0 Å². The van der Waals surface area contributed by atoms with E-state index in [0.29, 0.717) is 12.5 Å². The predicted octanol–water partition coefficient (Wildman–Crippen LogP) is -1.63. The average Bonchev–Trinajstić information content (AvgIpc) is 1.97. The van der Waals surface area contributed by atoms with Crippen LogP contribution in [0.4, 0.5) is 0 Å². The van der Waals surface area contributed by atoms with E-state index in [0.717, 1.165) is 0 Å². The van der Waals surface area contributed by atoms with E-state index in [-0.39, 0.29) is 72.5 Å². The number of aliphatic imine (C=N–C) groups is 1. The second-order valence-electron chi connectivity index (χ2n) is 2.62. The molecule has 1 radical (unpaired) electrons. The molecule has 0 heterocycles. The Bertz CT molecular complexity index is 182. The van der Waals surface area contributed by atoms with Crippen LogP contribution in [0, 0.1) is 54.2 Å². The number of rotatable bonds is 4. The fourth-order valence-electron chi connectivity index (χ4n) is 0.463. The third-order valence-corrected chi connectivity index (χ3v) is 0.962. The summed E-state index contributed by atoms with van der Waals surface area (Å²) < 4.78 is 0. The number of nitrogens with zero attached hydrogens (tertiary/aromatic N) is 1. The SMILES string of the molecule is Cl.[CH]=C/C=C/C([O-])=NCC(C)C.[Ce].[Cl-]. The van der Waals surface area contributed by atoms with Crippen molar-refractivity contribution in [2.45, 2.75) is 13.8 Å². The maximum atomic E-state index is 10.8. The van der Waals surface area contributed by atoms with Crippen LogP contribution in [0.5, 0.6) is 0 Å². The van der Waals surface area contributed by atoms with Crippen LogP contribution in [0.2, 0.25) is 0 Å². The molecule has 0 aromatic heterocycles. The zero-order valence-corrected chi connectivity index (χ0v) is 12.9. The molecule has 0 aliphatic heterocycles. The Balaban J connectivity index is -0.000000167. The van der Waals surface area contributed by atoms with Gasteiger partial charge in [0.1, 0.15) is 0 Å². The molecule has 2 nitrogen and oxygen atoms in total. The fraction of sp³-hybridized carbons (Fsp3) is 0.444. The largest absolute Gasteiger partial charge is 1.00 e. The molecule has 0 atom stereocenters. The molecule has 0 bridgehead atoms. The van der Waals surface area contributed by atoms with Crippen molar-refractivity contribution < 1.29 is 59.3 Å². The molecule has 0 aromatic carbocycles. The predicted molar refractivity (Wildman–Crippen MR) is 52.4 cm³/mol. The summed E-state index contributed by atoms with van der Waals surface area (Å²) >= 11 is 0. The molecule has 5 heteroatoms. The first-order valence-electron chi connectivity index (χ1n) is 3.60. The Kier molecular flexibility index (Phi) is 28.3. The Morgan fingerprint density at radius 3 is 2.36 bits per heavy atom. The molecule has 0 saturated carbocycles. The van der Waals surface area contributed by atoms with Crippen molar-refractivity contribution in [3.8, 4) is 0 Å². The van der Waals surface area contributed by atoms with Crippen molar-refractivity contribution in [1.29, 1.82) is 0 Å². The second-order valence-corrected chi connectivity index (χ2v) is 2.62. The van der Waals surface area contributed by atoms with Gasteiger partial charge in [0.05, 0.1) is 0 Å². The van der Waals surface area contributed by atoms with Gasteiger partial charge in [-0.1, -0.05) is 38.7 Å². The van der Waals surface area contributed by atoms with Crippen molar-refractivity contribution in [2.75, 3.05) is 6.54 Å². The van der Waals surface area contributed by atoms with Gasteiger partial charge in [0, 0.05) is 48.3 Å². The van der Waals surface area contributed by atoms with Gasteiger partial charge in [0.2, 0.25) is 0 Å². The Hall–Kier alpha value is 0.907. The van der Waals surface area contributed by atoms with Crippen LogP contribution in [0.15, 0.2) is 23.2 Å². The Morgan fingerprint density at radius 2 is 2.00 bits per heavy atom. The molecule has 14 heavy (non-hydrogen) atoms. The number of hydrogen-bond donors (Lipinski definition) is 0. The van der Waals surface area contributed by atoms with E-state index in [1.165, 1.54) is 18.2 Å². The third-order valence-electron chi connectivity index (χ3n) is 0.962. The Morgan fingerprint density at radius 1 is 1.50 bits per heavy atom. The zero-order valence-electron chi connectivity index (χ0n) is 8.24. The van der Waals surface area contributed by atoms with E-state index in [9.17, 15) is 5.11 Å². The quantitative estimate of drug-likeness (QED) is 0.336. The summed E-state index contributed by atoms with van der Waals surface area (Å²) in [5.41, 5.74) is 0. The molecule has 0 rings (SSSR count). The molecule has 0 fully saturated rings. The first-order valence-corrected chi connectivity index (χ1v) is 3.60. The van der Waals surface area contributed by atoms with Gasteiger partial charge in [-0.05, 0) is 11.8 Å². The molecule has 0 aromatic rings. The molecular formula is C9H14CeCl2NO-2. The van der Waals surface area contributed by atoms with Crippen LogP contribution in [0.1, 0.15) is 13.8 Å². The van der Waals surface area contributed by atoms with Gasteiger partial charge >= 0.3 is 0 Å². The summed E-state index contributed by atoms with van der Waals surface area (Å²) in [7, 11) is 0. The number of hydrogen-bond acceptors (Lipinski definition) is 2. The molecule has 0 aliphatic rings. The standard InChI is InChI=1S/C9H14NO.Ce.2ClH/c1-4-5-6-9(11)10-7-8(2)3;;;/h1,4-6,8H,7H2,2-3H3,(H,10,11);;2*1H/p-2/b4-1?,6-5+;;;. The number of allylic oxidation sites excluding steroid dienone is 2. The minimum absolute atomic E-state index is 0. The van der Waals surface area contributed by atoms with Crippen LogP contribution in [-0.2, 0) is 0 Å². The summed E-state index contributed by atoms with van der Waals surface area (Å²) in [5, 5.41) is 10.8. The second kappa shape index (κ2) is 16.3. The molecule has 0 spiro atoms. The van der Waals surface area contributed by atoms with E-state index in [1.807, 2.05) is 13.8 Å². The van der Waals surface area contributed by atoms with Gasteiger partial charge in [-0.25, -0.2) is 0 Å². The van der Waals surface area contributed by atoms with Gasteiger partial charge in [0.15, 0.2) is 0 Å². The van der Waals surface area contributed by atoms with Crippen LogP contribution in [-0.4, -0.2) is 12.4 Å². The molecule has 0 amide bonds. The normalized spacial score (nSPS) is 10.1. The van der Waals surface area contributed by atoms with Crippen molar-refractivity contribution in [1.82, 2.24) is 0 Å². The van der Waals surface area contributed by atoms with Gasteiger partial charge in [-0.2, -0.15) is 0 Å². The van der Waals surface area contributed by atoms with E-state index >= 15 is 0 Å². The van der Waals surface area contributed by atoms with Gasteiger partial charge in [-0.3, -0.25) is 0 Å². The summed E-state index contributed by atoms with van der Waals surface area (Å²) in [5.74, 6) is 0.203. The van der Waals surface area contributed by atoms with Crippen molar-refractivity contribution in [2.24, 2.45) is 10.9 Å². The van der Waals surface area contributed by atoms with E-state index in [1.54, 1.807) is 0 Å². The summed E-state index contributed by atoms with van der Waals surface area (Å²) in [6.07, 6.45) is 4.14. The molecular weight excluding hydrogens is 349 g/mol. The van der Waals surface area contributed by atoms with Crippen LogP contribution in [0.3, 0.4) is 0 Å². The zero-order chi connectivity index (χ0) is 8.69. The van der Waals surface area contributed by atoms with Crippen LogP contribution < -0.4 is 17.5 Å². The van der Waals surface area contributed by atoms with Gasteiger partial charge < -0.3 is 22.5 Å². The summed E-state index contributed by atoms with van der Waals surface area (Å²) in [6, 6.07) is 0. The van der Waals surface area contributed by atoms with Gasteiger partial charge in [0.25, 0.3) is 0 Å². The summed E-state index contributed by atoms with van der Waals surface area (Å²) in [6.45, 7) is 9.62. The fourth-order valence-corrected chi connectivity index (χ4v) is 0.463. The topological polar surface area (TPSA) is 35.4 Å². The monoisotopic (exact) mass is 362 g/mol. The molecule has 0 saturated heterocycles.